The van der Waals surface area contributed by atoms with Crippen LogP contribution in [0, 0.1) is 23.4 Å². The number of allylic oxidation sites excluding steroid dienone is 1. The summed E-state index contributed by atoms with van der Waals surface area (Å²) >= 11 is 6.40. The largest absolute Gasteiger partial charge is 0.507 e. The molecule has 1 aliphatic carbocycles. The minimum absolute atomic E-state index is 0.0235. The number of carbonyl (C=O) groups is 3. The molecule has 38 heavy (non-hydrogen) atoms. The number of ether oxygens (including phenoxy) is 4. The van der Waals surface area contributed by atoms with Crippen LogP contribution in [-0.4, -0.2) is 49.6 Å². The van der Waals surface area contributed by atoms with Gasteiger partial charge in [-0.2, -0.15) is 0 Å². The average Bonchev–Trinajstić information content (AvgIpc) is 3.20. The van der Waals surface area contributed by atoms with E-state index in [2.05, 4.69) is 4.74 Å². The molecule has 0 aromatic heterocycles. The zero-order chi connectivity index (χ0) is 28.1. The molecule has 202 valence electrons. The van der Waals surface area contributed by atoms with Gasteiger partial charge in [-0.3, -0.25) is 14.4 Å². The van der Waals surface area contributed by atoms with Crippen LogP contribution >= 0.6 is 11.6 Å². The first-order chi connectivity index (χ1) is 17.9. The van der Waals surface area contributed by atoms with Gasteiger partial charge in [0.2, 0.25) is 11.4 Å². The number of Topliss-reactive ketones (excluding diaryl/α,β-unsaturated/α-hetero) is 2. The standard InChI is InChI=1S/C26H22ClF3O8/c1-10-5-15(31)19(12(8-18(32)37-4)11-6-13(28)22(30)14(29)7-11)24(33)26(10)25(34)20-16(35-2)9-17(36-3)21(27)23(20)38-26/h6-7,9-10,12,33H,5,8H2,1-4H3. The Hall–Kier alpha value is -3.73. The second kappa shape index (κ2) is 9.86. The number of hydrogen-bond donors (Lipinski definition) is 1. The van der Waals surface area contributed by atoms with Crippen molar-refractivity contribution < 1.29 is 51.6 Å². The zero-order valence-electron chi connectivity index (χ0n) is 20.6. The summed E-state index contributed by atoms with van der Waals surface area (Å²) in [6.45, 7) is 1.48. The number of benzene rings is 2. The maximum absolute atomic E-state index is 14.2. The van der Waals surface area contributed by atoms with Gasteiger partial charge in [-0.05, 0) is 17.7 Å². The first kappa shape index (κ1) is 27.3. The van der Waals surface area contributed by atoms with E-state index >= 15 is 0 Å². The molecule has 2 aromatic rings. The van der Waals surface area contributed by atoms with Crippen LogP contribution in [0.15, 0.2) is 29.5 Å². The zero-order valence-corrected chi connectivity index (χ0v) is 21.4. The number of aliphatic hydroxyl groups is 1. The normalized spacial score (nSPS) is 21.3. The van der Waals surface area contributed by atoms with Gasteiger partial charge in [0, 0.05) is 29.9 Å². The average molecular weight is 555 g/mol. The minimum atomic E-state index is -2.19. The van der Waals surface area contributed by atoms with Crippen molar-refractivity contribution in [3.05, 3.63) is 63.1 Å². The summed E-state index contributed by atoms with van der Waals surface area (Å²) < 4.78 is 63.2. The van der Waals surface area contributed by atoms with Crippen molar-refractivity contribution >= 4 is 29.1 Å². The van der Waals surface area contributed by atoms with E-state index in [0.717, 1.165) is 7.11 Å². The molecule has 0 saturated carbocycles. The second-order valence-corrected chi connectivity index (χ2v) is 9.27. The van der Waals surface area contributed by atoms with Crippen molar-refractivity contribution in [1.82, 2.24) is 0 Å². The van der Waals surface area contributed by atoms with Crippen molar-refractivity contribution in [3.8, 4) is 17.2 Å². The number of carbonyl (C=O) groups excluding carboxylic acids is 3. The van der Waals surface area contributed by atoms with E-state index in [0.29, 0.717) is 12.1 Å². The molecular weight excluding hydrogens is 533 g/mol. The highest BCUT2D eigenvalue weighted by Crippen LogP contribution is 2.55. The molecule has 1 heterocycles. The number of ketones is 2. The predicted molar refractivity (Wildman–Crippen MR) is 126 cm³/mol. The third-order valence-electron chi connectivity index (χ3n) is 6.87. The highest BCUT2D eigenvalue weighted by atomic mass is 35.5. The van der Waals surface area contributed by atoms with Gasteiger partial charge in [-0.25, -0.2) is 13.2 Å². The van der Waals surface area contributed by atoms with E-state index < -0.39 is 70.2 Å². The van der Waals surface area contributed by atoms with Gasteiger partial charge >= 0.3 is 5.97 Å². The molecule has 3 unspecified atom stereocenters. The summed E-state index contributed by atoms with van der Waals surface area (Å²) in [5.74, 6) is -10.7. The van der Waals surface area contributed by atoms with Gasteiger partial charge in [0.15, 0.2) is 34.7 Å². The van der Waals surface area contributed by atoms with E-state index in [9.17, 15) is 32.7 Å². The first-order valence-electron chi connectivity index (χ1n) is 11.3. The molecule has 0 amide bonds. The SMILES string of the molecule is COC(=O)CC(C1=C(O)C2(Oc3c(Cl)c(OC)cc(OC)c3C2=O)C(C)CC1=O)c1cc(F)c(F)c(F)c1. The summed E-state index contributed by atoms with van der Waals surface area (Å²) in [6, 6.07) is 2.55. The number of hydrogen-bond acceptors (Lipinski definition) is 8. The summed E-state index contributed by atoms with van der Waals surface area (Å²) in [4.78, 5) is 39.4. The van der Waals surface area contributed by atoms with Crippen LogP contribution in [-0.2, 0) is 14.3 Å². The van der Waals surface area contributed by atoms with Crippen LogP contribution in [0.2, 0.25) is 5.02 Å². The van der Waals surface area contributed by atoms with Crippen LogP contribution in [0.3, 0.4) is 0 Å². The molecule has 8 nitrogen and oxygen atoms in total. The lowest BCUT2D eigenvalue weighted by molar-refractivity contribution is -0.140. The van der Waals surface area contributed by atoms with Crippen LogP contribution in [0.5, 0.6) is 17.2 Å². The van der Waals surface area contributed by atoms with Crippen molar-refractivity contribution in [3.63, 3.8) is 0 Å². The smallest absolute Gasteiger partial charge is 0.306 e. The lowest BCUT2D eigenvalue weighted by atomic mass is 9.69. The Labute approximate surface area is 219 Å². The number of methoxy groups -OCH3 is 3. The van der Waals surface area contributed by atoms with E-state index in [-0.39, 0.29) is 39.8 Å². The Kier molecular flexibility index (Phi) is 7.09. The number of halogens is 4. The Morgan fingerprint density at radius 2 is 1.74 bits per heavy atom. The van der Waals surface area contributed by atoms with Crippen LogP contribution < -0.4 is 14.2 Å². The molecule has 0 saturated heterocycles. The monoisotopic (exact) mass is 554 g/mol. The van der Waals surface area contributed by atoms with Crippen molar-refractivity contribution in [2.45, 2.75) is 31.3 Å². The fraction of sp³-hybridized carbons (Fsp3) is 0.346. The van der Waals surface area contributed by atoms with E-state index in [1.54, 1.807) is 0 Å². The van der Waals surface area contributed by atoms with Crippen molar-refractivity contribution in [1.29, 1.82) is 0 Å². The number of fused-ring (bicyclic) bond motifs is 1. The summed E-state index contributed by atoms with van der Waals surface area (Å²) in [5, 5.41) is 11.5. The molecule has 2 aromatic carbocycles. The number of rotatable bonds is 6. The highest BCUT2D eigenvalue weighted by molar-refractivity contribution is 6.35. The van der Waals surface area contributed by atoms with Gasteiger partial charge in [0.25, 0.3) is 0 Å². The van der Waals surface area contributed by atoms with Gasteiger partial charge in [0.1, 0.15) is 22.1 Å². The minimum Gasteiger partial charge on any atom is -0.507 e. The maximum atomic E-state index is 14.2. The lowest BCUT2D eigenvalue weighted by Gasteiger charge is -2.38. The molecule has 3 atom stereocenters. The molecule has 12 heteroatoms. The third kappa shape index (κ3) is 3.96. The Balaban J connectivity index is 1.98. The molecule has 0 radical (unpaired) electrons. The molecule has 0 fully saturated rings. The predicted octanol–water partition coefficient (Wildman–Crippen LogP) is 4.86. The fourth-order valence-corrected chi connectivity index (χ4v) is 5.22. The summed E-state index contributed by atoms with van der Waals surface area (Å²) in [6.07, 6.45) is -1.03. The Bertz CT molecular complexity index is 1380. The first-order valence-corrected chi connectivity index (χ1v) is 11.7. The highest BCUT2D eigenvalue weighted by Gasteiger charge is 2.61. The van der Waals surface area contributed by atoms with E-state index in [4.69, 9.17) is 25.8 Å². The molecule has 0 bridgehead atoms. The molecule has 4 rings (SSSR count). The Morgan fingerprint density at radius 1 is 1.13 bits per heavy atom. The number of esters is 1. The lowest BCUT2D eigenvalue weighted by Crippen LogP contribution is -2.53. The van der Waals surface area contributed by atoms with Crippen molar-refractivity contribution in [2.24, 2.45) is 5.92 Å². The van der Waals surface area contributed by atoms with E-state index in [1.807, 2.05) is 0 Å². The van der Waals surface area contributed by atoms with Gasteiger partial charge in [0.05, 0.1) is 27.8 Å². The van der Waals surface area contributed by atoms with Gasteiger partial charge < -0.3 is 24.1 Å². The van der Waals surface area contributed by atoms with Crippen LogP contribution in [0.4, 0.5) is 13.2 Å². The molecule has 2 aliphatic rings. The fourth-order valence-electron chi connectivity index (χ4n) is 4.95. The van der Waals surface area contributed by atoms with Gasteiger partial charge in [-0.15, -0.1) is 0 Å². The quantitative estimate of drug-likeness (QED) is 0.398. The third-order valence-corrected chi connectivity index (χ3v) is 7.22. The molecular formula is C26H22ClF3O8. The van der Waals surface area contributed by atoms with Crippen molar-refractivity contribution in [2.75, 3.05) is 21.3 Å². The Morgan fingerprint density at radius 3 is 2.29 bits per heavy atom. The number of aliphatic hydroxyl groups excluding tert-OH is 1. The van der Waals surface area contributed by atoms with Gasteiger partial charge in [-0.1, -0.05) is 18.5 Å². The topological polar surface area (TPSA) is 108 Å². The molecule has 1 spiro atoms. The summed E-state index contributed by atoms with van der Waals surface area (Å²) in [7, 11) is 3.67. The summed E-state index contributed by atoms with van der Waals surface area (Å²) in [5.41, 5.74) is -3.16. The molecule has 1 N–H and O–H groups in total. The second-order valence-electron chi connectivity index (χ2n) is 8.89. The van der Waals surface area contributed by atoms with Crippen LogP contribution in [0.1, 0.15) is 41.6 Å². The van der Waals surface area contributed by atoms with E-state index in [1.165, 1.54) is 27.2 Å². The van der Waals surface area contributed by atoms with Crippen LogP contribution in [0.25, 0.3) is 0 Å². The molecule has 1 aliphatic heterocycles. The maximum Gasteiger partial charge on any atom is 0.306 e.